The second-order valence-corrected chi connectivity index (χ2v) is 5.20. The molecule has 1 atom stereocenters. The van der Waals surface area contributed by atoms with Crippen molar-refractivity contribution < 1.29 is 19.4 Å². The number of carbonyl (C=O) groups is 1. The Labute approximate surface area is 140 Å². The number of aliphatic hydroxyl groups is 1. The van der Waals surface area contributed by atoms with E-state index < -0.39 is 6.10 Å². The number of nitrogens with one attached hydrogen (secondary N) is 1. The van der Waals surface area contributed by atoms with E-state index in [1.165, 1.54) is 21.1 Å². The van der Waals surface area contributed by atoms with Crippen LogP contribution in [0.5, 0.6) is 11.8 Å². The van der Waals surface area contributed by atoms with E-state index in [-0.39, 0.29) is 11.7 Å². The molecule has 0 aliphatic rings. The van der Waals surface area contributed by atoms with Gasteiger partial charge >= 0.3 is 0 Å². The van der Waals surface area contributed by atoms with Gasteiger partial charge in [-0.1, -0.05) is 18.2 Å². The van der Waals surface area contributed by atoms with Gasteiger partial charge in [-0.15, -0.1) is 0 Å². The van der Waals surface area contributed by atoms with Crippen molar-refractivity contribution in [3.8, 4) is 11.8 Å². The van der Waals surface area contributed by atoms with E-state index in [0.717, 1.165) is 11.3 Å². The SMILES string of the molecule is COc1cc(OC)nc(C(O)CCc2ccccc2NC(C)=O)n1. The van der Waals surface area contributed by atoms with Crippen LogP contribution in [0.2, 0.25) is 0 Å². The van der Waals surface area contributed by atoms with Crippen molar-refractivity contribution in [2.45, 2.75) is 25.9 Å². The highest BCUT2D eigenvalue weighted by Gasteiger charge is 2.15. The summed E-state index contributed by atoms with van der Waals surface area (Å²) in [6.45, 7) is 1.46. The summed E-state index contributed by atoms with van der Waals surface area (Å²) in [5.74, 6) is 0.760. The molecule has 128 valence electrons. The Morgan fingerprint density at radius 2 is 1.83 bits per heavy atom. The summed E-state index contributed by atoms with van der Waals surface area (Å²) in [5, 5.41) is 13.2. The summed E-state index contributed by atoms with van der Waals surface area (Å²) in [7, 11) is 2.98. The second-order valence-electron chi connectivity index (χ2n) is 5.20. The molecule has 2 N–H and O–H groups in total. The smallest absolute Gasteiger partial charge is 0.221 e. The van der Waals surface area contributed by atoms with E-state index in [1.54, 1.807) is 6.07 Å². The number of nitrogens with zero attached hydrogens (tertiary/aromatic N) is 2. The van der Waals surface area contributed by atoms with Gasteiger partial charge in [-0.25, -0.2) is 0 Å². The minimum absolute atomic E-state index is 0.135. The lowest BCUT2D eigenvalue weighted by Gasteiger charge is -2.13. The normalized spacial score (nSPS) is 11.7. The third-order valence-corrected chi connectivity index (χ3v) is 3.43. The Morgan fingerprint density at radius 3 is 2.42 bits per heavy atom. The summed E-state index contributed by atoms with van der Waals surface area (Å²) < 4.78 is 10.2. The number of hydrogen-bond acceptors (Lipinski definition) is 6. The van der Waals surface area contributed by atoms with Crippen LogP contribution < -0.4 is 14.8 Å². The average Bonchev–Trinajstić information content (AvgIpc) is 2.59. The number of aryl methyl sites for hydroxylation is 1. The molecule has 2 aromatic rings. The minimum Gasteiger partial charge on any atom is -0.481 e. The Morgan fingerprint density at radius 1 is 1.21 bits per heavy atom. The molecule has 0 saturated heterocycles. The van der Waals surface area contributed by atoms with Gasteiger partial charge in [0, 0.05) is 12.6 Å². The maximum absolute atomic E-state index is 11.3. The summed E-state index contributed by atoms with van der Waals surface area (Å²) in [4.78, 5) is 19.6. The van der Waals surface area contributed by atoms with E-state index in [4.69, 9.17) is 9.47 Å². The molecule has 24 heavy (non-hydrogen) atoms. The van der Waals surface area contributed by atoms with Gasteiger partial charge in [0.15, 0.2) is 5.82 Å². The maximum Gasteiger partial charge on any atom is 0.221 e. The zero-order valence-corrected chi connectivity index (χ0v) is 13.9. The number of benzene rings is 1. The van der Waals surface area contributed by atoms with Gasteiger partial charge in [-0.3, -0.25) is 4.79 Å². The van der Waals surface area contributed by atoms with Gasteiger partial charge in [0.2, 0.25) is 17.7 Å². The predicted octanol–water partition coefficient (Wildman–Crippen LogP) is 2.12. The molecule has 1 amide bonds. The Bertz CT molecular complexity index is 684. The monoisotopic (exact) mass is 331 g/mol. The maximum atomic E-state index is 11.3. The van der Waals surface area contributed by atoms with Crippen LogP contribution in [0.1, 0.15) is 30.8 Å². The molecule has 7 heteroatoms. The van der Waals surface area contributed by atoms with E-state index in [0.29, 0.717) is 24.6 Å². The number of methoxy groups -OCH3 is 2. The number of amides is 1. The first-order valence-electron chi connectivity index (χ1n) is 7.54. The lowest BCUT2D eigenvalue weighted by molar-refractivity contribution is -0.114. The minimum atomic E-state index is -0.876. The molecule has 0 bridgehead atoms. The molecule has 0 aliphatic heterocycles. The number of rotatable bonds is 7. The lowest BCUT2D eigenvalue weighted by atomic mass is 10.0. The van der Waals surface area contributed by atoms with Gasteiger partial charge in [0.1, 0.15) is 6.10 Å². The number of hydrogen-bond donors (Lipinski definition) is 2. The van der Waals surface area contributed by atoms with Gasteiger partial charge in [-0.2, -0.15) is 9.97 Å². The number of aliphatic hydroxyl groups excluding tert-OH is 1. The van der Waals surface area contributed by atoms with Crippen LogP contribution in [0.3, 0.4) is 0 Å². The van der Waals surface area contributed by atoms with Crippen molar-refractivity contribution in [1.29, 1.82) is 0 Å². The van der Waals surface area contributed by atoms with Crippen molar-refractivity contribution in [3.63, 3.8) is 0 Å². The average molecular weight is 331 g/mol. The van der Waals surface area contributed by atoms with Crippen LogP contribution in [0.25, 0.3) is 0 Å². The van der Waals surface area contributed by atoms with Crippen molar-refractivity contribution in [2.24, 2.45) is 0 Å². The summed E-state index contributed by atoms with van der Waals surface area (Å²) in [6.07, 6.45) is 0.0762. The molecular weight excluding hydrogens is 310 g/mol. The van der Waals surface area contributed by atoms with E-state index in [1.807, 2.05) is 24.3 Å². The van der Waals surface area contributed by atoms with Gasteiger partial charge in [-0.05, 0) is 24.5 Å². The molecule has 0 aliphatic carbocycles. The van der Waals surface area contributed by atoms with Crippen molar-refractivity contribution in [1.82, 2.24) is 9.97 Å². The van der Waals surface area contributed by atoms with Gasteiger partial charge in [0.25, 0.3) is 0 Å². The molecule has 0 spiro atoms. The molecular formula is C17H21N3O4. The molecule has 2 rings (SSSR count). The number of carbonyl (C=O) groups excluding carboxylic acids is 1. The highest BCUT2D eigenvalue weighted by Crippen LogP contribution is 2.24. The van der Waals surface area contributed by atoms with Crippen LogP contribution in [0.4, 0.5) is 5.69 Å². The predicted molar refractivity (Wildman–Crippen MR) is 89.2 cm³/mol. The van der Waals surface area contributed by atoms with Crippen LogP contribution in [0.15, 0.2) is 30.3 Å². The van der Waals surface area contributed by atoms with Gasteiger partial charge in [0.05, 0.1) is 20.3 Å². The first kappa shape index (κ1) is 17.7. The van der Waals surface area contributed by atoms with Crippen LogP contribution in [0, 0.1) is 0 Å². The van der Waals surface area contributed by atoms with Gasteiger partial charge < -0.3 is 19.9 Å². The highest BCUT2D eigenvalue weighted by molar-refractivity contribution is 5.89. The Balaban J connectivity index is 2.11. The van der Waals surface area contributed by atoms with E-state index >= 15 is 0 Å². The summed E-state index contributed by atoms with van der Waals surface area (Å²) in [5.41, 5.74) is 1.67. The molecule has 0 radical (unpaired) electrons. The number of ether oxygens (including phenoxy) is 2. The standard InChI is InChI=1S/C17H21N3O4/c1-11(21)18-13-7-5-4-6-12(13)8-9-14(22)17-19-15(23-2)10-16(20-17)24-3/h4-7,10,14,22H,8-9H2,1-3H3,(H,18,21). The van der Waals surface area contributed by atoms with Crippen LogP contribution in [-0.4, -0.2) is 35.2 Å². The lowest BCUT2D eigenvalue weighted by Crippen LogP contribution is -2.10. The zero-order valence-electron chi connectivity index (χ0n) is 13.9. The molecule has 1 heterocycles. The third-order valence-electron chi connectivity index (χ3n) is 3.43. The molecule has 1 aromatic heterocycles. The Kier molecular flexibility index (Phi) is 6.08. The van der Waals surface area contributed by atoms with E-state index in [2.05, 4.69) is 15.3 Å². The van der Waals surface area contributed by atoms with Crippen molar-refractivity contribution >= 4 is 11.6 Å². The summed E-state index contributed by atoms with van der Waals surface area (Å²) in [6, 6.07) is 9.01. The third kappa shape index (κ3) is 4.66. The molecule has 0 saturated carbocycles. The zero-order chi connectivity index (χ0) is 17.5. The van der Waals surface area contributed by atoms with E-state index in [9.17, 15) is 9.90 Å². The van der Waals surface area contributed by atoms with Crippen LogP contribution >= 0.6 is 0 Å². The highest BCUT2D eigenvalue weighted by atomic mass is 16.5. The summed E-state index contributed by atoms with van der Waals surface area (Å²) >= 11 is 0. The largest absolute Gasteiger partial charge is 0.481 e. The number of anilines is 1. The van der Waals surface area contributed by atoms with Crippen LogP contribution in [-0.2, 0) is 11.2 Å². The van der Waals surface area contributed by atoms with Crippen molar-refractivity contribution in [2.75, 3.05) is 19.5 Å². The fraction of sp³-hybridized carbons (Fsp3) is 0.353. The fourth-order valence-corrected chi connectivity index (χ4v) is 2.25. The Hall–Kier alpha value is -2.67. The molecule has 7 nitrogen and oxygen atoms in total. The number of para-hydroxylation sites is 1. The molecule has 0 fully saturated rings. The number of aromatic nitrogens is 2. The topological polar surface area (TPSA) is 93.6 Å². The van der Waals surface area contributed by atoms with Crippen molar-refractivity contribution in [3.05, 3.63) is 41.7 Å². The first-order chi connectivity index (χ1) is 11.5. The molecule has 1 aromatic carbocycles. The quantitative estimate of drug-likeness (QED) is 0.807. The fourth-order valence-electron chi connectivity index (χ4n) is 2.25. The second kappa shape index (κ2) is 8.26. The molecule has 1 unspecified atom stereocenters. The first-order valence-corrected chi connectivity index (χ1v) is 7.54.